The SMILES string of the molecule is CSc1nc(C#N)n2cc(C3=C(C(=O)[O-])N4C(=O)[C@H]([C@@H](C)O)[C@H]4[C@H]3C)sc12.[Na+]. The number of fused-ring (bicyclic) bond motifs is 2. The van der Waals surface area contributed by atoms with Gasteiger partial charge in [0, 0.05) is 17.7 Å². The normalized spacial score (nSPS) is 24.6. The van der Waals surface area contributed by atoms with Crippen LogP contribution in [0, 0.1) is 23.2 Å². The molecule has 4 atom stereocenters. The number of nitriles is 1. The van der Waals surface area contributed by atoms with Gasteiger partial charge in [0.05, 0.1) is 34.6 Å². The van der Waals surface area contributed by atoms with E-state index < -0.39 is 29.9 Å². The minimum atomic E-state index is -1.42. The summed E-state index contributed by atoms with van der Waals surface area (Å²) < 4.78 is 1.64. The number of amides is 1. The van der Waals surface area contributed by atoms with E-state index in [0.717, 1.165) is 4.83 Å². The first-order chi connectivity index (χ1) is 12.8. The third kappa shape index (κ3) is 2.76. The summed E-state index contributed by atoms with van der Waals surface area (Å²) in [6.07, 6.45) is 2.68. The number of carboxylic acid groups (broad SMARTS) is 1. The van der Waals surface area contributed by atoms with Crippen LogP contribution in [0.15, 0.2) is 16.9 Å². The largest absolute Gasteiger partial charge is 1.00 e. The molecular weight excluding hydrogens is 411 g/mol. The summed E-state index contributed by atoms with van der Waals surface area (Å²) in [5.41, 5.74) is 0.359. The van der Waals surface area contributed by atoms with Crippen LogP contribution in [-0.4, -0.2) is 49.7 Å². The Hall–Kier alpha value is -1.35. The van der Waals surface area contributed by atoms with Gasteiger partial charge in [0.15, 0.2) is 0 Å². The number of carbonyl (C=O) groups is 2. The number of carbonyl (C=O) groups excluding carboxylic acids is 2. The summed E-state index contributed by atoms with van der Waals surface area (Å²) in [4.78, 5) is 31.2. The van der Waals surface area contributed by atoms with Crippen molar-refractivity contribution in [2.45, 2.75) is 31.0 Å². The number of aliphatic hydroxyl groups is 1. The molecule has 1 amide bonds. The maximum absolute atomic E-state index is 12.4. The van der Waals surface area contributed by atoms with Crippen LogP contribution in [0.2, 0.25) is 0 Å². The molecule has 11 heteroatoms. The second kappa shape index (κ2) is 7.48. The summed E-state index contributed by atoms with van der Waals surface area (Å²) in [7, 11) is 0. The van der Waals surface area contributed by atoms with E-state index in [9.17, 15) is 25.1 Å². The number of hydrogen-bond donors (Lipinski definition) is 1. The quantitative estimate of drug-likeness (QED) is 0.321. The minimum Gasteiger partial charge on any atom is -0.543 e. The minimum absolute atomic E-state index is 0. The van der Waals surface area contributed by atoms with E-state index in [1.807, 2.05) is 19.2 Å². The van der Waals surface area contributed by atoms with Gasteiger partial charge in [-0.3, -0.25) is 9.20 Å². The Kier molecular flexibility index (Phi) is 5.71. The van der Waals surface area contributed by atoms with Gasteiger partial charge in [-0.1, -0.05) is 6.92 Å². The molecule has 28 heavy (non-hydrogen) atoms. The van der Waals surface area contributed by atoms with Crippen LogP contribution in [-0.2, 0) is 9.59 Å². The zero-order valence-corrected chi connectivity index (χ0v) is 19.3. The van der Waals surface area contributed by atoms with Gasteiger partial charge < -0.3 is 19.9 Å². The van der Waals surface area contributed by atoms with Crippen LogP contribution in [0.1, 0.15) is 24.5 Å². The topological polar surface area (TPSA) is 122 Å². The number of thioether (sulfide) groups is 1. The van der Waals surface area contributed by atoms with Crippen molar-refractivity contribution >= 4 is 45.4 Å². The van der Waals surface area contributed by atoms with E-state index >= 15 is 0 Å². The molecule has 0 radical (unpaired) electrons. The van der Waals surface area contributed by atoms with Crippen molar-refractivity contribution in [3.05, 3.63) is 22.6 Å². The first-order valence-electron chi connectivity index (χ1n) is 8.24. The van der Waals surface area contributed by atoms with E-state index in [0.29, 0.717) is 15.5 Å². The molecular formula is C17H15N4NaO4S2. The number of β-lactam (4-membered cyclic amide) rings is 1. The summed E-state index contributed by atoms with van der Waals surface area (Å²) in [6.45, 7) is 3.38. The van der Waals surface area contributed by atoms with Crippen LogP contribution in [0.5, 0.6) is 0 Å². The fourth-order valence-corrected chi connectivity index (χ4v) is 6.03. The van der Waals surface area contributed by atoms with Gasteiger partial charge in [0.1, 0.15) is 15.9 Å². The average molecular weight is 426 g/mol. The molecule has 2 aliphatic heterocycles. The molecule has 0 saturated carbocycles. The number of rotatable bonds is 4. The molecule has 0 unspecified atom stereocenters. The fraction of sp³-hybridized carbons (Fsp3) is 0.412. The average Bonchev–Trinajstić information content (AvgIpc) is 3.23. The van der Waals surface area contributed by atoms with E-state index in [4.69, 9.17) is 0 Å². The van der Waals surface area contributed by atoms with Crippen LogP contribution < -0.4 is 34.7 Å². The second-order valence-electron chi connectivity index (χ2n) is 6.63. The molecule has 140 valence electrons. The first-order valence-corrected chi connectivity index (χ1v) is 10.3. The van der Waals surface area contributed by atoms with Crippen molar-refractivity contribution in [2.75, 3.05) is 6.26 Å². The van der Waals surface area contributed by atoms with Crippen LogP contribution in [0.25, 0.3) is 10.4 Å². The maximum Gasteiger partial charge on any atom is 1.00 e. The van der Waals surface area contributed by atoms with Gasteiger partial charge in [0.2, 0.25) is 11.7 Å². The Balaban J connectivity index is 0.00000225. The summed E-state index contributed by atoms with van der Waals surface area (Å²) in [5.74, 6) is -2.51. The molecule has 2 aromatic heterocycles. The Morgan fingerprint density at radius 2 is 2.21 bits per heavy atom. The Bertz CT molecular complexity index is 1070. The number of nitrogens with zero attached hydrogens (tertiary/aromatic N) is 4. The van der Waals surface area contributed by atoms with Crippen molar-refractivity contribution in [1.82, 2.24) is 14.3 Å². The molecule has 1 fully saturated rings. The van der Waals surface area contributed by atoms with Crippen LogP contribution >= 0.6 is 23.1 Å². The molecule has 0 aromatic carbocycles. The molecule has 0 bridgehead atoms. The smallest absolute Gasteiger partial charge is 0.543 e. The Morgan fingerprint density at radius 3 is 2.75 bits per heavy atom. The molecule has 2 aliphatic rings. The van der Waals surface area contributed by atoms with Gasteiger partial charge in [-0.05, 0) is 13.2 Å². The summed E-state index contributed by atoms with van der Waals surface area (Å²) >= 11 is 2.73. The number of aromatic nitrogens is 2. The van der Waals surface area contributed by atoms with Crippen LogP contribution in [0.3, 0.4) is 0 Å². The second-order valence-corrected chi connectivity index (χ2v) is 8.46. The van der Waals surface area contributed by atoms with Crippen molar-refractivity contribution < 1.29 is 49.4 Å². The van der Waals surface area contributed by atoms with Gasteiger partial charge in [-0.2, -0.15) is 5.26 Å². The van der Waals surface area contributed by atoms with Crippen molar-refractivity contribution in [2.24, 2.45) is 11.8 Å². The Morgan fingerprint density at radius 1 is 1.54 bits per heavy atom. The number of aliphatic hydroxyl groups excluding tert-OH is 1. The zero-order chi connectivity index (χ0) is 19.6. The number of hydrogen-bond acceptors (Lipinski definition) is 8. The molecule has 1 saturated heterocycles. The molecule has 4 heterocycles. The van der Waals surface area contributed by atoms with Gasteiger partial charge >= 0.3 is 29.6 Å². The standard InChI is InChI=1S/C17H16N4O4S2.Na/c1-6-10(8-5-20-9(4-18)19-14(26-3)16(20)27-8)13(17(24)25)21-12(6)11(7(2)22)15(21)23;/h5-7,11-12,22H,1-3H3,(H,24,25);/q;+1/p-1/t6-,7+,11+,12+;/m0./s1. The van der Waals surface area contributed by atoms with E-state index in [1.165, 1.54) is 34.9 Å². The molecule has 8 nitrogen and oxygen atoms in total. The summed E-state index contributed by atoms with van der Waals surface area (Å²) in [6, 6.07) is 1.63. The predicted molar refractivity (Wildman–Crippen MR) is 96.5 cm³/mol. The fourth-order valence-electron chi connectivity index (χ4n) is 4.08. The number of aliphatic carboxylic acids is 1. The van der Waals surface area contributed by atoms with Gasteiger partial charge in [-0.25, -0.2) is 4.98 Å². The molecule has 1 N–H and O–H groups in total. The molecule has 2 aromatic rings. The number of carboxylic acids is 1. The summed E-state index contributed by atoms with van der Waals surface area (Å²) in [5, 5.41) is 31.8. The molecule has 4 rings (SSSR count). The first kappa shape index (κ1) is 21.4. The van der Waals surface area contributed by atoms with Crippen LogP contribution in [0.4, 0.5) is 0 Å². The maximum atomic E-state index is 12.4. The molecule has 0 aliphatic carbocycles. The molecule has 0 spiro atoms. The predicted octanol–water partition coefficient (Wildman–Crippen LogP) is -2.69. The van der Waals surface area contributed by atoms with Crippen molar-refractivity contribution in [3.63, 3.8) is 0 Å². The number of imidazole rings is 1. The van der Waals surface area contributed by atoms with E-state index in [-0.39, 0.29) is 47.0 Å². The van der Waals surface area contributed by atoms with Crippen molar-refractivity contribution in [1.29, 1.82) is 5.26 Å². The van der Waals surface area contributed by atoms with Gasteiger partial charge in [-0.15, -0.1) is 23.1 Å². The van der Waals surface area contributed by atoms with E-state index in [2.05, 4.69) is 4.98 Å². The third-order valence-corrected chi connectivity index (χ3v) is 7.14. The van der Waals surface area contributed by atoms with E-state index in [1.54, 1.807) is 10.6 Å². The Labute approximate surface area is 191 Å². The monoisotopic (exact) mass is 426 g/mol. The van der Waals surface area contributed by atoms with Crippen molar-refractivity contribution in [3.8, 4) is 6.07 Å². The zero-order valence-electron chi connectivity index (χ0n) is 15.7. The number of thiazole rings is 1. The third-order valence-electron chi connectivity index (χ3n) is 5.21. The van der Waals surface area contributed by atoms with Gasteiger partial charge in [0.25, 0.3) is 0 Å².